The average molecular weight is 136 g/mol. The summed E-state index contributed by atoms with van der Waals surface area (Å²) in [6, 6.07) is 0. The predicted octanol–water partition coefficient (Wildman–Crippen LogP) is 0.742. The maximum absolute atomic E-state index is 11.7. The SMILES string of the molecule is CCC(OC)C(O)CF. The zero-order chi connectivity index (χ0) is 7.28. The Morgan fingerprint density at radius 2 is 2.22 bits per heavy atom. The highest BCUT2D eigenvalue weighted by Gasteiger charge is 2.15. The van der Waals surface area contributed by atoms with Gasteiger partial charge in [0.1, 0.15) is 12.8 Å². The van der Waals surface area contributed by atoms with Crippen LogP contribution in [0.5, 0.6) is 0 Å². The van der Waals surface area contributed by atoms with Crippen molar-refractivity contribution in [3.8, 4) is 0 Å². The van der Waals surface area contributed by atoms with E-state index in [2.05, 4.69) is 0 Å². The fourth-order valence-corrected chi connectivity index (χ4v) is 0.695. The minimum Gasteiger partial charge on any atom is -0.388 e. The molecule has 0 saturated carbocycles. The lowest BCUT2D eigenvalue weighted by Gasteiger charge is -2.16. The molecular weight excluding hydrogens is 123 g/mol. The summed E-state index contributed by atoms with van der Waals surface area (Å²) in [7, 11) is 1.47. The van der Waals surface area contributed by atoms with Gasteiger partial charge in [-0.25, -0.2) is 4.39 Å². The zero-order valence-corrected chi connectivity index (χ0v) is 5.80. The van der Waals surface area contributed by atoms with E-state index in [0.29, 0.717) is 6.42 Å². The monoisotopic (exact) mass is 136 g/mol. The van der Waals surface area contributed by atoms with Crippen molar-refractivity contribution < 1.29 is 14.2 Å². The molecule has 0 aliphatic carbocycles. The van der Waals surface area contributed by atoms with Gasteiger partial charge in [-0.3, -0.25) is 0 Å². The lowest BCUT2D eigenvalue weighted by Crippen LogP contribution is -2.28. The third-order valence-corrected chi connectivity index (χ3v) is 1.29. The van der Waals surface area contributed by atoms with Crippen LogP contribution in [0.1, 0.15) is 13.3 Å². The normalized spacial score (nSPS) is 17.3. The van der Waals surface area contributed by atoms with E-state index in [1.165, 1.54) is 7.11 Å². The molecule has 0 aliphatic rings. The van der Waals surface area contributed by atoms with Crippen LogP contribution in [0, 0.1) is 0 Å². The van der Waals surface area contributed by atoms with Crippen LogP contribution in [0.4, 0.5) is 4.39 Å². The van der Waals surface area contributed by atoms with Gasteiger partial charge in [0, 0.05) is 7.11 Å². The summed E-state index contributed by atoms with van der Waals surface area (Å²) >= 11 is 0. The molecule has 0 saturated heterocycles. The molecule has 0 aromatic rings. The molecule has 0 amide bonds. The molecule has 0 fully saturated rings. The maximum atomic E-state index is 11.7. The van der Waals surface area contributed by atoms with Gasteiger partial charge >= 0.3 is 0 Å². The Bertz CT molecular complexity index is 64.1. The largest absolute Gasteiger partial charge is 0.388 e. The number of aliphatic hydroxyl groups is 1. The van der Waals surface area contributed by atoms with Gasteiger partial charge in [-0.2, -0.15) is 0 Å². The summed E-state index contributed by atoms with van der Waals surface area (Å²) in [5.41, 5.74) is 0. The van der Waals surface area contributed by atoms with Crippen molar-refractivity contribution in [3.63, 3.8) is 0 Å². The first-order chi connectivity index (χ1) is 4.26. The second-order valence-corrected chi connectivity index (χ2v) is 1.90. The molecule has 0 aromatic carbocycles. The van der Waals surface area contributed by atoms with E-state index in [0.717, 1.165) is 0 Å². The summed E-state index contributed by atoms with van der Waals surface area (Å²) in [6.07, 6.45) is -0.670. The van der Waals surface area contributed by atoms with E-state index < -0.39 is 12.8 Å². The van der Waals surface area contributed by atoms with Crippen LogP contribution in [0.15, 0.2) is 0 Å². The first kappa shape index (κ1) is 8.85. The second-order valence-electron chi connectivity index (χ2n) is 1.90. The number of methoxy groups -OCH3 is 1. The topological polar surface area (TPSA) is 29.5 Å². The highest BCUT2D eigenvalue weighted by Crippen LogP contribution is 2.02. The summed E-state index contributed by atoms with van der Waals surface area (Å²) in [5.74, 6) is 0. The third-order valence-electron chi connectivity index (χ3n) is 1.29. The summed E-state index contributed by atoms with van der Waals surface area (Å²) in [6.45, 7) is 1.11. The highest BCUT2D eigenvalue weighted by molar-refractivity contribution is 4.64. The van der Waals surface area contributed by atoms with Crippen LogP contribution in [0.2, 0.25) is 0 Å². The minimum absolute atomic E-state index is 0.352. The van der Waals surface area contributed by atoms with Crippen molar-refractivity contribution in [1.29, 1.82) is 0 Å². The fraction of sp³-hybridized carbons (Fsp3) is 1.00. The van der Waals surface area contributed by atoms with E-state index in [9.17, 15) is 4.39 Å². The van der Waals surface area contributed by atoms with Crippen molar-refractivity contribution in [3.05, 3.63) is 0 Å². The van der Waals surface area contributed by atoms with Gasteiger partial charge in [-0.05, 0) is 6.42 Å². The molecule has 56 valence electrons. The first-order valence-electron chi connectivity index (χ1n) is 3.03. The van der Waals surface area contributed by atoms with Gasteiger partial charge in [-0.15, -0.1) is 0 Å². The summed E-state index contributed by atoms with van der Waals surface area (Å²) < 4.78 is 16.4. The Hall–Kier alpha value is -0.150. The standard InChI is InChI=1S/C6H13FO2/c1-3-6(9-2)5(8)4-7/h5-6,8H,3-4H2,1-2H3. The molecule has 0 rings (SSSR count). The summed E-state index contributed by atoms with van der Waals surface area (Å²) in [5, 5.41) is 8.82. The number of halogens is 1. The van der Waals surface area contributed by atoms with Crippen LogP contribution >= 0.6 is 0 Å². The molecule has 0 bridgehead atoms. The van der Waals surface area contributed by atoms with Crippen LogP contribution in [0.25, 0.3) is 0 Å². The number of aliphatic hydroxyl groups excluding tert-OH is 1. The van der Waals surface area contributed by atoms with E-state index >= 15 is 0 Å². The van der Waals surface area contributed by atoms with E-state index in [4.69, 9.17) is 9.84 Å². The molecule has 0 aromatic heterocycles. The van der Waals surface area contributed by atoms with Crippen molar-refractivity contribution >= 4 is 0 Å². The quantitative estimate of drug-likeness (QED) is 0.617. The molecule has 0 heterocycles. The Kier molecular flexibility index (Phi) is 4.62. The van der Waals surface area contributed by atoms with Gasteiger partial charge in [-0.1, -0.05) is 6.92 Å². The van der Waals surface area contributed by atoms with Crippen molar-refractivity contribution in [2.45, 2.75) is 25.6 Å². The number of ether oxygens (including phenoxy) is 1. The van der Waals surface area contributed by atoms with Crippen molar-refractivity contribution in [2.24, 2.45) is 0 Å². The molecule has 2 unspecified atom stereocenters. The van der Waals surface area contributed by atoms with Gasteiger partial charge in [0.2, 0.25) is 0 Å². The van der Waals surface area contributed by atoms with Gasteiger partial charge < -0.3 is 9.84 Å². The molecule has 0 spiro atoms. The lowest BCUT2D eigenvalue weighted by atomic mass is 10.2. The lowest BCUT2D eigenvalue weighted by molar-refractivity contribution is -0.0239. The molecule has 3 heteroatoms. The van der Waals surface area contributed by atoms with E-state index in [1.54, 1.807) is 0 Å². The van der Waals surface area contributed by atoms with Crippen LogP contribution < -0.4 is 0 Å². The van der Waals surface area contributed by atoms with E-state index in [1.807, 2.05) is 6.92 Å². The van der Waals surface area contributed by atoms with Crippen molar-refractivity contribution in [2.75, 3.05) is 13.8 Å². The van der Waals surface area contributed by atoms with Crippen LogP contribution in [0.3, 0.4) is 0 Å². The molecule has 2 atom stereocenters. The molecule has 2 nitrogen and oxygen atoms in total. The molecule has 9 heavy (non-hydrogen) atoms. The molecule has 0 radical (unpaired) electrons. The fourth-order valence-electron chi connectivity index (χ4n) is 0.695. The van der Waals surface area contributed by atoms with E-state index in [-0.39, 0.29) is 6.10 Å². The number of hydrogen-bond acceptors (Lipinski definition) is 2. The van der Waals surface area contributed by atoms with Crippen LogP contribution in [-0.2, 0) is 4.74 Å². The zero-order valence-electron chi connectivity index (χ0n) is 5.80. The maximum Gasteiger partial charge on any atom is 0.118 e. The summed E-state index contributed by atoms with van der Waals surface area (Å²) in [4.78, 5) is 0. The number of hydrogen-bond donors (Lipinski definition) is 1. The predicted molar refractivity (Wildman–Crippen MR) is 33.1 cm³/mol. The van der Waals surface area contributed by atoms with Crippen molar-refractivity contribution in [1.82, 2.24) is 0 Å². The third kappa shape index (κ3) is 2.77. The number of rotatable bonds is 4. The minimum atomic E-state index is -0.958. The average Bonchev–Trinajstić information content (AvgIpc) is 1.90. The highest BCUT2D eigenvalue weighted by atomic mass is 19.1. The Morgan fingerprint density at radius 3 is 2.33 bits per heavy atom. The van der Waals surface area contributed by atoms with Gasteiger partial charge in [0.25, 0.3) is 0 Å². The molecular formula is C6H13FO2. The second kappa shape index (κ2) is 4.70. The Morgan fingerprint density at radius 1 is 1.67 bits per heavy atom. The first-order valence-corrected chi connectivity index (χ1v) is 3.03. The molecule has 1 N–H and O–H groups in total. The Balaban J connectivity index is 3.50. The number of alkyl halides is 1. The van der Waals surface area contributed by atoms with Crippen LogP contribution in [-0.4, -0.2) is 31.1 Å². The van der Waals surface area contributed by atoms with Gasteiger partial charge in [0.05, 0.1) is 6.10 Å². The Labute approximate surface area is 54.6 Å². The smallest absolute Gasteiger partial charge is 0.118 e. The molecule has 0 aliphatic heterocycles. The van der Waals surface area contributed by atoms with Gasteiger partial charge in [0.15, 0.2) is 0 Å².